The van der Waals surface area contributed by atoms with E-state index in [4.69, 9.17) is 27.9 Å². The van der Waals surface area contributed by atoms with Gasteiger partial charge in [-0.1, -0.05) is 29.3 Å². The highest BCUT2D eigenvalue weighted by atomic mass is 79.9. The lowest BCUT2D eigenvalue weighted by Crippen LogP contribution is -2.25. The summed E-state index contributed by atoms with van der Waals surface area (Å²) < 4.78 is 5.62. The maximum absolute atomic E-state index is 11.4. The molecule has 0 bridgehead atoms. The van der Waals surface area contributed by atoms with E-state index in [1.165, 1.54) is 0 Å². The van der Waals surface area contributed by atoms with Gasteiger partial charge in [-0.2, -0.15) is 0 Å². The number of ether oxygens (including phenoxy) is 1. The highest BCUT2D eigenvalue weighted by Crippen LogP contribution is 2.32. The lowest BCUT2D eigenvalue weighted by molar-refractivity contribution is 0.300. The molecule has 0 amide bonds. The summed E-state index contributed by atoms with van der Waals surface area (Å²) in [6.07, 6.45) is 0. The standard InChI is InChI=1S/C11H7BrCl2N2O3/c12-8-7(15-11(18)16-10(8)17)4-19-9-5(13)2-1-3-6(9)14/h1-3H,4H2,(H2,15,16,17,18). The van der Waals surface area contributed by atoms with Crippen LogP contribution in [0, 0.1) is 0 Å². The largest absolute Gasteiger partial charge is 0.484 e. The predicted molar refractivity (Wildman–Crippen MR) is 76.2 cm³/mol. The van der Waals surface area contributed by atoms with E-state index in [1.807, 2.05) is 0 Å². The Labute approximate surface area is 125 Å². The molecule has 0 aliphatic carbocycles. The Morgan fingerprint density at radius 1 is 1.16 bits per heavy atom. The second-order valence-electron chi connectivity index (χ2n) is 3.54. The molecule has 0 aliphatic heterocycles. The molecule has 2 N–H and O–H groups in total. The number of aromatic amines is 2. The first kappa shape index (κ1) is 14.2. The molecule has 0 radical (unpaired) electrons. The summed E-state index contributed by atoms with van der Waals surface area (Å²) in [5, 5.41) is 0.687. The molecule has 0 aliphatic rings. The molecule has 0 atom stereocenters. The molecule has 0 spiro atoms. The van der Waals surface area contributed by atoms with Gasteiger partial charge < -0.3 is 9.72 Å². The van der Waals surface area contributed by atoms with Crippen molar-refractivity contribution in [3.05, 3.63) is 59.2 Å². The first-order valence-electron chi connectivity index (χ1n) is 5.07. The minimum absolute atomic E-state index is 0.0524. The zero-order valence-corrected chi connectivity index (χ0v) is 12.4. The number of benzene rings is 1. The molecular formula is C11H7BrCl2N2O3. The highest BCUT2D eigenvalue weighted by Gasteiger charge is 2.10. The highest BCUT2D eigenvalue weighted by molar-refractivity contribution is 9.10. The number of hydrogen-bond acceptors (Lipinski definition) is 3. The molecule has 2 rings (SSSR count). The van der Waals surface area contributed by atoms with Gasteiger partial charge in [0, 0.05) is 0 Å². The first-order chi connectivity index (χ1) is 8.99. The minimum atomic E-state index is -0.614. The Bertz CT molecular complexity index is 706. The van der Waals surface area contributed by atoms with Crippen LogP contribution in [0.5, 0.6) is 5.75 Å². The van der Waals surface area contributed by atoms with E-state index in [-0.39, 0.29) is 11.1 Å². The molecule has 0 saturated carbocycles. The molecule has 2 aromatic rings. The monoisotopic (exact) mass is 364 g/mol. The van der Waals surface area contributed by atoms with Crippen molar-refractivity contribution in [1.29, 1.82) is 0 Å². The van der Waals surface area contributed by atoms with E-state index in [9.17, 15) is 9.59 Å². The lowest BCUT2D eigenvalue weighted by atomic mass is 10.3. The summed E-state index contributed by atoms with van der Waals surface area (Å²) in [5.74, 6) is 0.291. The van der Waals surface area contributed by atoms with Crippen molar-refractivity contribution < 1.29 is 4.74 Å². The summed E-state index contributed by atoms with van der Waals surface area (Å²) in [6, 6.07) is 4.93. The van der Waals surface area contributed by atoms with E-state index >= 15 is 0 Å². The van der Waals surface area contributed by atoms with Gasteiger partial charge in [-0.25, -0.2) is 4.79 Å². The smallest absolute Gasteiger partial charge is 0.326 e. The number of hydrogen-bond donors (Lipinski definition) is 2. The van der Waals surface area contributed by atoms with Crippen molar-refractivity contribution in [2.75, 3.05) is 0 Å². The van der Waals surface area contributed by atoms with Crippen LogP contribution in [0.2, 0.25) is 10.0 Å². The average Bonchev–Trinajstić information content (AvgIpc) is 2.34. The number of aromatic nitrogens is 2. The number of rotatable bonds is 3. The molecule has 100 valence electrons. The van der Waals surface area contributed by atoms with Crippen LogP contribution >= 0.6 is 39.1 Å². The van der Waals surface area contributed by atoms with Crippen molar-refractivity contribution in [3.63, 3.8) is 0 Å². The Hall–Kier alpha value is -1.24. The molecule has 1 aromatic carbocycles. The normalized spacial score (nSPS) is 10.5. The zero-order chi connectivity index (χ0) is 14.0. The Morgan fingerprint density at radius 3 is 2.42 bits per heavy atom. The van der Waals surface area contributed by atoms with Crippen molar-refractivity contribution >= 4 is 39.1 Å². The Kier molecular flexibility index (Phi) is 4.34. The maximum Gasteiger partial charge on any atom is 0.326 e. The van der Waals surface area contributed by atoms with E-state index in [2.05, 4.69) is 25.9 Å². The van der Waals surface area contributed by atoms with Gasteiger partial charge in [0.1, 0.15) is 11.1 Å². The SMILES string of the molecule is O=c1[nH]c(COc2c(Cl)cccc2Cl)c(Br)c(=O)[nH]1. The molecule has 19 heavy (non-hydrogen) atoms. The van der Waals surface area contributed by atoms with E-state index in [0.717, 1.165) is 0 Å². The van der Waals surface area contributed by atoms with E-state index < -0.39 is 11.2 Å². The van der Waals surface area contributed by atoms with Crippen molar-refractivity contribution in [3.8, 4) is 5.75 Å². The fourth-order valence-electron chi connectivity index (χ4n) is 1.38. The van der Waals surface area contributed by atoms with Crippen LogP contribution < -0.4 is 16.0 Å². The molecule has 1 heterocycles. The average molecular weight is 366 g/mol. The van der Waals surface area contributed by atoms with Crippen molar-refractivity contribution in [2.45, 2.75) is 6.61 Å². The van der Waals surface area contributed by atoms with Crippen LogP contribution in [0.1, 0.15) is 5.69 Å². The molecular weight excluding hydrogens is 359 g/mol. The lowest BCUT2D eigenvalue weighted by Gasteiger charge is -2.10. The van der Waals surface area contributed by atoms with Gasteiger partial charge in [0.25, 0.3) is 5.56 Å². The number of halogens is 3. The van der Waals surface area contributed by atoms with Crippen LogP contribution in [0.4, 0.5) is 0 Å². The third kappa shape index (κ3) is 3.20. The molecule has 5 nitrogen and oxygen atoms in total. The second kappa shape index (κ2) is 5.81. The molecule has 8 heteroatoms. The summed E-state index contributed by atoms with van der Waals surface area (Å²) in [4.78, 5) is 27.1. The van der Waals surface area contributed by atoms with Crippen molar-refractivity contribution in [2.24, 2.45) is 0 Å². The van der Waals surface area contributed by atoms with Gasteiger partial charge in [-0.15, -0.1) is 0 Å². The second-order valence-corrected chi connectivity index (χ2v) is 5.15. The zero-order valence-electron chi connectivity index (χ0n) is 9.30. The number of nitrogens with one attached hydrogen (secondary N) is 2. The summed E-state index contributed by atoms with van der Waals surface area (Å²) in [7, 11) is 0. The maximum atomic E-state index is 11.4. The Balaban J connectivity index is 2.29. The Morgan fingerprint density at radius 2 is 1.79 bits per heavy atom. The molecule has 1 aromatic heterocycles. The summed E-state index contributed by atoms with van der Waals surface area (Å²) >= 11 is 14.9. The third-order valence-electron chi connectivity index (χ3n) is 2.24. The third-order valence-corrected chi connectivity index (χ3v) is 3.67. The summed E-state index contributed by atoms with van der Waals surface area (Å²) in [5.41, 5.74) is -0.852. The first-order valence-corrected chi connectivity index (χ1v) is 6.61. The van der Waals surface area contributed by atoms with Gasteiger partial charge in [0.15, 0.2) is 5.75 Å². The van der Waals surface area contributed by atoms with E-state index in [0.29, 0.717) is 21.5 Å². The predicted octanol–water partition coefficient (Wildman–Crippen LogP) is 2.71. The fraction of sp³-hybridized carbons (Fsp3) is 0.0909. The van der Waals surface area contributed by atoms with Crippen LogP contribution in [0.3, 0.4) is 0 Å². The van der Waals surface area contributed by atoms with Crippen LogP contribution in [-0.4, -0.2) is 9.97 Å². The molecule has 0 fully saturated rings. The fourth-order valence-corrected chi connectivity index (χ4v) is 2.20. The van der Waals surface area contributed by atoms with E-state index in [1.54, 1.807) is 18.2 Å². The number of para-hydroxylation sites is 1. The van der Waals surface area contributed by atoms with Gasteiger partial charge in [-0.3, -0.25) is 9.78 Å². The van der Waals surface area contributed by atoms with Gasteiger partial charge in [-0.05, 0) is 28.1 Å². The molecule has 0 unspecified atom stereocenters. The van der Waals surface area contributed by atoms with Gasteiger partial charge in [0.05, 0.1) is 15.7 Å². The van der Waals surface area contributed by atoms with Gasteiger partial charge in [0.2, 0.25) is 0 Å². The minimum Gasteiger partial charge on any atom is -0.484 e. The summed E-state index contributed by atoms with van der Waals surface area (Å²) in [6.45, 7) is -0.0524. The van der Waals surface area contributed by atoms with Crippen molar-refractivity contribution in [1.82, 2.24) is 9.97 Å². The quantitative estimate of drug-likeness (QED) is 0.878. The number of H-pyrrole nitrogens is 2. The van der Waals surface area contributed by atoms with Gasteiger partial charge >= 0.3 is 5.69 Å². The van der Waals surface area contributed by atoms with Crippen LogP contribution in [-0.2, 0) is 6.61 Å². The van der Waals surface area contributed by atoms with Crippen LogP contribution in [0.25, 0.3) is 0 Å². The van der Waals surface area contributed by atoms with Crippen LogP contribution in [0.15, 0.2) is 32.3 Å². The molecule has 0 saturated heterocycles. The topological polar surface area (TPSA) is 75.0 Å².